The normalized spacial score (nSPS) is 10.8. The molecule has 5 heteroatoms. The van der Waals surface area contributed by atoms with Gasteiger partial charge in [-0.25, -0.2) is 9.97 Å². The van der Waals surface area contributed by atoms with Gasteiger partial charge in [-0.05, 0) is 24.3 Å². The summed E-state index contributed by atoms with van der Waals surface area (Å²) in [6, 6.07) is 13.8. The van der Waals surface area contributed by atoms with E-state index in [1.165, 1.54) is 0 Å². The molecule has 0 aliphatic heterocycles. The number of nitrogen functional groups attached to an aromatic ring is 1. The van der Waals surface area contributed by atoms with E-state index in [2.05, 4.69) is 16.0 Å². The molecule has 2 aromatic heterocycles. The molecule has 3 rings (SSSR count). The highest BCUT2D eigenvalue weighted by Crippen LogP contribution is 2.26. The van der Waals surface area contributed by atoms with E-state index in [-0.39, 0.29) is 0 Å². The summed E-state index contributed by atoms with van der Waals surface area (Å²) in [5.41, 5.74) is 7.95. The van der Waals surface area contributed by atoms with Gasteiger partial charge in [-0.1, -0.05) is 29.8 Å². The van der Waals surface area contributed by atoms with Crippen molar-refractivity contribution in [1.29, 1.82) is 0 Å². The fourth-order valence-electron chi connectivity index (χ4n) is 1.89. The summed E-state index contributed by atoms with van der Waals surface area (Å²) >= 11 is 7.43. The van der Waals surface area contributed by atoms with Gasteiger partial charge in [0.1, 0.15) is 5.82 Å². The third kappa shape index (κ3) is 2.86. The van der Waals surface area contributed by atoms with Crippen molar-refractivity contribution in [2.75, 3.05) is 5.73 Å². The number of hydrogen-bond donors (Lipinski definition) is 1. The highest BCUT2D eigenvalue weighted by Gasteiger charge is 2.05. The molecule has 0 radical (unpaired) electrons. The second-order valence-corrected chi connectivity index (χ2v) is 5.76. The van der Waals surface area contributed by atoms with Crippen molar-refractivity contribution in [3.8, 4) is 0 Å². The zero-order chi connectivity index (χ0) is 13.9. The molecule has 1 aromatic carbocycles. The van der Waals surface area contributed by atoms with Crippen LogP contribution in [0.1, 0.15) is 5.56 Å². The second-order valence-electron chi connectivity index (χ2n) is 4.33. The van der Waals surface area contributed by atoms with Crippen LogP contribution < -0.4 is 5.73 Å². The Kier molecular flexibility index (Phi) is 3.76. The molecule has 3 aromatic rings. The minimum atomic E-state index is 0.574. The maximum absolute atomic E-state index is 6.01. The molecule has 0 saturated heterocycles. The number of halogens is 1. The van der Waals surface area contributed by atoms with Gasteiger partial charge < -0.3 is 5.73 Å². The monoisotopic (exact) mass is 301 g/mol. The Morgan fingerprint density at radius 1 is 1.15 bits per heavy atom. The zero-order valence-corrected chi connectivity index (χ0v) is 12.2. The van der Waals surface area contributed by atoms with E-state index in [9.17, 15) is 0 Å². The fraction of sp³-hybridized carbons (Fsp3) is 0.0667. The van der Waals surface area contributed by atoms with Crippen molar-refractivity contribution < 1.29 is 0 Å². The van der Waals surface area contributed by atoms with E-state index >= 15 is 0 Å². The lowest BCUT2D eigenvalue weighted by molar-refractivity contribution is 1.13. The Hall–Kier alpha value is -1.78. The summed E-state index contributed by atoms with van der Waals surface area (Å²) in [5.74, 6) is 1.31. The minimum absolute atomic E-state index is 0.574. The number of fused-ring (bicyclic) bond motifs is 1. The number of rotatable bonds is 3. The molecule has 0 aliphatic rings. The molecule has 100 valence electrons. The van der Waals surface area contributed by atoms with Crippen molar-refractivity contribution in [3.05, 3.63) is 59.2 Å². The summed E-state index contributed by atoms with van der Waals surface area (Å²) in [7, 11) is 0. The molecular weight excluding hydrogens is 290 g/mol. The van der Waals surface area contributed by atoms with Crippen LogP contribution in [0.2, 0.25) is 5.02 Å². The second kappa shape index (κ2) is 5.69. The van der Waals surface area contributed by atoms with Gasteiger partial charge in [-0.2, -0.15) is 0 Å². The molecule has 0 aliphatic carbocycles. The van der Waals surface area contributed by atoms with Crippen LogP contribution in [0.5, 0.6) is 0 Å². The van der Waals surface area contributed by atoms with E-state index < -0.39 is 0 Å². The number of nitrogens with two attached hydrogens (primary N) is 1. The third-order valence-electron chi connectivity index (χ3n) is 2.91. The van der Waals surface area contributed by atoms with E-state index in [1.54, 1.807) is 18.0 Å². The van der Waals surface area contributed by atoms with Crippen LogP contribution in [-0.4, -0.2) is 9.97 Å². The Bertz CT molecular complexity index is 744. The number of benzene rings is 1. The fourth-order valence-corrected chi connectivity index (χ4v) is 2.83. The van der Waals surface area contributed by atoms with Gasteiger partial charge in [0, 0.05) is 22.9 Å². The van der Waals surface area contributed by atoms with E-state index in [4.69, 9.17) is 17.3 Å². The number of aromatic nitrogens is 2. The molecule has 2 N–H and O–H groups in total. The lowest BCUT2D eigenvalue weighted by Crippen LogP contribution is -1.97. The predicted molar refractivity (Wildman–Crippen MR) is 85.0 cm³/mol. The number of nitrogens with zero attached hydrogens (tertiary/aromatic N) is 2. The first kappa shape index (κ1) is 13.2. The van der Waals surface area contributed by atoms with Crippen LogP contribution in [0, 0.1) is 0 Å². The number of anilines is 1. The molecule has 0 saturated carbocycles. The maximum atomic E-state index is 6.01. The summed E-state index contributed by atoms with van der Waals surface area (Å²) in [4.78, 5) is 8.68. The highest BCUT2D eigenvalue weighted by molar-refractivity contribution is 7.98. The Labute approximate surface area is 126 Å². The summed E-state index contributed by atoms with van der Waals surface area (Å²) in [5, 5.41) is 2.66. The van der Waals surface area contributed by atoms with Crippen molar-refractivity contribution in [2.45, 2.75) is 10.8 Å². The van der Waals surface area contributed by atoms with E-state index in [0.717, 1.165) is 27.2 Å². The smallest absolute Gasteiger partial charge is 0.128 e. The summed E-state index contributed by atoms with van der Waals surface area (Å²) in [6.07, 6.45) is 1.64. The molecular formula is C15H12ClN3S. The molecule has 0 amide bonds. The lowest BCUT2D eigenvalue weighted by Gasteiger charge is -2.07. The van der Waals surface area contributed by atoms with Crippen molar-refractivity contribution in [1.82, 2.24) is 9.97 Å². The highest BCUT2D eigenvalue weighted by atomic mass is 35.5. The summed E-state index contributed by atoms with van der Waals surface area (Å²) in [6.45, 7) is 0. The number of pyridine rings is 2. The van der Waals surface area contributed by atoms with E-state index in [0.29, 0.717) is 10.8 Å². The zero-order valence-electron chi connectivity index (χ0n) is 10.6. The SMILES string of the molecule is Nc1nc2ccccc2cc1CSc1ccc(Cl)cn1. The van der Waals surface area contributed by atoms with Crippen LogP contribution in [0.4, 0.5) is 5.82 Å². The summed E-state index contributed by atoms with van der Waals surface area (Å²) < 4.78 is 0. The molecule has 3 nitrogen and oxygen atoms in total. The standard InChI is InChI=1S/C15H12ClN3S/c16-12-5-6-14(18-8-12)20-9-11-7-10-3-1-2-4-13(10)19-15(11)17/h1-8H,9H2,(H2,17,19). The lowest BCUT2D eigenvalue weighted by atomic mass is 10.1. The first-order valence-corrected chi connectivity index (χ1v) is 7.47. The largest absolute Gasteiger partial charge is 0.383 e. The molecule has 0 spiro atoms. The van der Waals surface area contributed by atoms with Crippen molar-refractivity contribution in [2.24, 2.45) is 0 Å². The van der Waals surface area contributed by atoms with Gasteiger partial charge in [0.25, 0.3) is 0 Å². The van der Waals surface area contributed by atoms with Crippen LogP contribution >= 0.6 is 23.4 Å². The van der Waals surface area contributed by atoms with E-state index in [1.807, 2.05) is 36.4 Å². The van der Waals surface area contributed by atoms with Crippen LogP contribution in [0.25, 0.3) is 10.9 Å². The molecule has 0 bridgehead atoms. The van der Waals surface area contributed by atoms with Gasteiger partial charge in [0.05, 0.1) is 15.6 Å². The van der Waals surface area contributed by atoms with Crippen LogP contribution in [0.15, 0.2) is 53.7 Å². The third-order valence-corrected chi connectivity index (χ3v) is 4.13. The average molecular weight is 302 g/mol. The first-order chi connectivity index (χ1) is 9.72. The number of para-hydroxylation sites is 1. The molecule has 20 heavy (non-hydrogen) atoms. The maximum Gasteiger partial charge on any atom is 0.128 e. The molecule has 2 heterocycles. The topological polar surface area (TPSA) is 51.8 Å². The van der Waals surface area contributed by atoms with Gasteiger partial charge in [0.15, 0.2) is 0 Å². The van der Waals surface area contributed by atoms with Crippen LogP contribution in [0.3, 0.4) is 0 Å². The van der Waals surface area contributed by atoms with Gasteiger partial charge in [-0.3, -0.25) is 0 Å². The molecule has 0 atom stereocenters. The van der Waals surface area contributed by atoms with Crippen molar-refractivity contribution >= 4 is 40.1 Å². The predicted octanol–water partition coefficient (Wildman–Crippen LogP) is 4.16. The quantitative estimate of drug-likeness (QED) is 0.738. The van der Waals surface area contributed by atoms with Gasteiger partial charge >= 0.3 is 0 Å². The minimum Gasteiger partial charge on any atom is -0.383 e. The Morgan fingerprint density at radius 3 is 2.80 bits per heavy atom. The average Bonchev–Trinajstić information content (AvgIpc) is 2.47. The number of thioether (sulfide) groups is 1. The Morgan fingerprint density at radius 2 is 2.00 bits per heavy atom. The first-order valence-electron chi connectivity index (χ1n) is 6.11. The number of hydrogen-bond acceptors (Lipinski definition) is 4. The van der Waals surface area contributed by atoms with Gasteiger partial charge in [-0.15, -0.1) is 11.8 Å². The van der Waals surface area contributed by atoms with Crippen LogP contribution in [-0.2, 0) is 5.75 Å². The molecule has 0 fully saturated rings. The van der Waals surface area contributed by atoms with Gasteiger partial charge in [0.2, 0.25) is 0 Å². The Balaban J connectivity index is 1.83. The van der Waals surface area contributed by atoms with Crippen molar-refractivity contribution in [3.63, 3.8) is 0 Å². The molecule has 0 unspecified atom stereocenters.